The normalized spacial score (nSPS) is 10.7. The molecule has 2 amide bonds. The van der Waals surface area contributed by atoms with Gasteiger partial charge in [-0.2, -0.15) is 0 Å². The first kappa shape index (κ1) is 14.9. The molecular formula is C17H17N3O3. The van der Waals surface area contributed by atoms with Gasteiger partial charge in [-0.3, -0.25) is 4.57 Å². The van der Waals surface area contributed by atoms with E-state index in [1.807, 2.05) is 37.3 Å². The quantitative estimate of drug-likeness (QED) is 0.778. The van der Waals surface area contributed by atoms with Crippen molar-refractivity contribution in [1.29, 1.82) is 0 Å². The lowest BCUT2D eigenvalue weighted by molar-refractivity contribution is 0.251. The third kappa shape index (κ3) is 3.26. The Kier molecular flexibility index (Phi) is 4.14. The molecule has 0 unspecified atom stereocenters. The van der Waals surface area contributed by atoms with Crippen LogP contribution in [0.2, 0.25) is 0 Å². The number of oxazole rings is 1. The van der Waals surface area contributed by atoms with Gasteiger partial charge < -0.3 is 15.1 Å². The Balaban J connectivity index is 1.69. The number of benzene rings is 2. The van der Waals surface area contributed by atoms with Gasteiger partial charge in [-0.25, -0.2) is 9.59 Å². The smallest absolute Gasteiger partial charge is 0.408 e. The number of amides is 2. The van der Waals surface area contributed by atoms with Crippen molar-refractivity contribution >= 4 is 22.8 Å². The average molecular weight is 311 g/mol. The molecule has 0 radical (unpaired) electrons. The maximum absolute atomic E-state index is 11.9. The second-order valence-corrected chi connectivity index (χ2v) is 5.09. The summed E-state index contributed by atoms with van der Waals surface area (Å²) in [6.45, 7) is 2.85. The molecule has 0 aliphatic carbocycles. The lowest BCUT2D eigenvalue weighted by atomic mass is 10.2. The highest BCUT2D eigenvalue weighted by molar-refractivity contribution is 5.91. The molecule has 6 heteroatoms. The van der Waals surface area contributed by atoms with E-state index in [0.717, 1.165) is 5.56 Å². The Hall–Kier alpha value is -3.02. The molecule has 0 atom stereocenters. The summed E-state index contributed by atoms with van der Waals surface area (Å²) < 4.78 is 6.71. The van der Waals surface area contributed by atoms with Gasteiger partial charge in [0, 0.05) is 24.8 Å². The van der Waals surface area contributed by atoms with E-state index in [4.69, 9.17) is 4.42 Å². The fourth-order valence-corrected chi connectivity index (χ4v) is 2.40. The van der Waals surface area contributed by atoms with Crippen molar-refractivity contribution in [3.63, 3.8) is 0 Å². The van der Waals surface area contributed by atoms with Gasteiger partial charge in [-0.15, -0.1) is 0 Å². The van der Waals surface area contributed by atoms with Gasteiger partial charge >= 0.3 is 11.8 Å². The van der Waals surface area contributed by atoms with Crippen LogP contribution in [0.5, 0.6) is 0 Å². The number of anilines is 1. The van der Waals surface area contributed by atoms with Crippen molar-refractivity contribution in [2.75, 3.05) is 5.32 Å². The molecule has 2 aromatic carbocycles. The summed E-state index contributed by atoms with van der Waals surface area (Å²) in [7, 11) is 0. The molecule has 0 saturated carbocycles. The van der Waals surface area contributed by atoms with Crippen molar-refractivity contribution < 1.29 is 9.21 Å². The summed E-state index contributed by atoms with van der Waals surface area (Å²) in [6.07, 6.45) is 0. The number of aromatic nitrogens is 1. The number of rotatable bonds is 4. The Bertz CT molecular complexity index is 881. The molecule has 0 saturated heterocycles. The Morgan fingerprint density at radius 2 is 1.96 bits per heavy atom. The summed E-state index contributed by atoms with van der Waals surface area (Å²) in [5.74, 6) is -0.395. The van der Waals surface area contributed by atoms with Gasteiger partial charge in [-0.05, 0) is 24.6 Å². The van der Waals surface area contributed by atoms with Gasteiger partial charge in [-0.1, -0.05) is 30.3 Å². The van der Waals surface area contributed by atoms with E-state index in [0.29, 0.717) is 29.9 Å². The number of carbonyl (C=O) groups is 1. The van der Waals surface area contributed by atoms with Gasteiger partial charge in [0.25, 0.3) is 0 Å². The number of hydrogen-bond acceptors (Lipinski definition) is 3. The predicted molar refractivity (Wildman–Crippen MR) is 88.4 cm³/mol. The van der Waals surface area contributed by atoms with E-state index in [9.17, 15) is 9.59 Å². The molecular weight excluding hydrogens is 294 g/mol. The SMILES string of the molecule is CCn1c(=O)oc2cc(NC(=O)NCc3ccccc3)ccc21. The van der Waals surface area contributed by atoms with Crippen LogP contribution < -0.4 is 16.4 Å². The van der Waals surface area contributed by atoms with Gasteiger partial charge in [0.15, 0.2) is 5.58 Å². The first-order valence-corrected chi connectivity index (χ1v) is 7.39. The summed E-state index contributed by atoms with van der Waals surface area (Å²) in [4.78, 5) is 23.6. The summed E-state index contributed by atoms with van der Waals surface area (Å²) in [5, 5.41) is 5.51. The first-order chi connectivity index (χ1) is 11.2. The fraction of sp³-hybridized carbons (Fsp3) is 0.176. The molecule has 0 bridgehead atoms. The lowest BCUT2D eigenvalue weighted by Gasteiger charge is -2.07. The Morgan fingerprint density at radius 1 is 1.17 bits per heavy atom. The number of hydrogen-bond donors (Lipinski definition) is 2. The van der Waals surface area contributed by atoms with E-state index in [2.05, 4.69) is 10.6 Å². The highest BCUT2D eigenvalue weighted by Gasteiger charge is 2.09. The highest BCUT2D eigenvalue weighted by Crippen LogP contribution is 2.18. The van der Waals surface area contributed by atoms with Crippen LogP contribution in [0.3, 0.4) is 0 Å². The van der Waals surface area contributed by atoms with E-state index >= 15 is 0 Å². The third-order valence-corrected chi connectivity index (χ3v) is 3.54. The average Bonchev–Trinajstić information content (AvgIpc) is 2.88. The Morgan fingerprint density at radius 3 is 2.70 bits per heavy atom. The van der Waals surface area contributed by atoms with Gasteiger partial charge in [0.1, 0.15) is 0 Å². The van der Waals surface area contributed by atoms with Crippen LogP contribution in [-0.2, 0) is 13.1 Å². The van der Waals surface area contributed by atoms with Gasteiger partial charge in [0.05, 0.1) is 5.52 Å². The van der Waals surface area contributed by atoms with Crippen molar-refractivity contribution in [2.24, 2.45) is 0 Å². The predicted octanol–water partition coefficient (Wildman–Crippen LogP) is 2.94. The molecule has 1 heterocycles. The zero-order valence-electron chi connectivity index (χ0n) is 12.7. The zero-order chi connectivity index (χ0) is 16.2. The number of nitrogens with zero attached hydrogens (tertiary/aromatic N) is 1. The minimum atomic E-state index is -0.395. The minimum Gasteiger partial charge on any atom is -0.408 e. The summed E-state index contributed by atoms with van der Waals surface area (Å²) in [6, 6.07) is 14.5. The van der Waals surface area contributed by atoms with Crippen LogP contribution in [0, 0.1) is 0 Å². The minimum absolute atomic E-state index is 0.314. The van der Waals surface area contributed by atoms with Crippen LogP contribution in [-0.4, -0.2) is 10.6 Å². The number of urea groups is 1. The van der Waals surface area contributed by atoms with Crippen LogP contribution in [0.15, 0.2) is 57.7 Å². The van der Waals surface area contributed by atoms with E-state index in [-0.39, 0.29) is 6.03 Å². The zero-order valence-corrected chi connectivity index (χ0v) is 12.7. The molecule has 3 aromatic rings. The molecule has 0 aliphatic heterocycles. The maximum atomic E-state index is 11.9. The largest absolute Gasteiger partial charge is 0.419 e. The number of fused-ring (bicyclic) bond motifs is 1. The second-order valence-electron chi connectivity index (χ2n) is 5.09. The van der Waals surface area contributed by atoms with E-state index in [1.165, 1.54) is 4.57 Å². The molecule has 23 heavy (non-hydrogen) atoms. The van der Waals surface area contributed by atoms with Crippen molar-refractivity contribution in [1.82, 2.24) is 9.88 Å². The topological polar surface area (TPSA) is 76.3 Å². The number of carbonyl (C=O) groups excluding carboxylic acids is 1. The van der Waals surface area contributed by atoms with Crippen molar-refractivity contribution in [2.45, 2.75) is 20.0 Å². The monoisotopic (exact) mass is 311 g/mol. The molecule has 2 N–H and O–H groups in total. The second kappa shape index (κ2) is 6.39. The highest BCUT2D eigenvalue weighted by atomic mass is 16.4. The molecule has 118 valence electrons. The number of aryl methyl sites for hydroxylation is 1. The Labute approximate surface area is 132 Å². The van der Waals surface area contributed by atoms with Crippen LogP contribution in [0.25, 0.3) is 11.1 Å². The first-order valence-electron chi connectivity index (χ1n) is 7.39. The van der Waals surface area contributed by atoms with Gasteiger partial charge in [0.2, 0.25) is 0 Å². The van der Waals surface area contributed by atoms with Crippen LogP contribution >= 0.6 is 0 Å². The fourth-order valence-electron chi connectivity index (χ4n) is 2.40. The van der Waals surface area contributed by atoms with E-state index < -0.39 is 5.76 Å². The molecule has 0 fully saturated rings. The third-order valence-electron chi connectivity index (χ3n) is 3.54. The summed E-state index contributed by atoms with van der Waals surface area (Å²) in [5.41, 5.74) is 2.76. The molecule has 0 aliphatic rings. The number of nitrogens with one attached hydrogen (secondary N) is 2. The van der Waals surface area contributed by atoms with Crippen molar-refractivity contribution in [3.8, 4) is 0 Å². The van der Waals surface area contributed by atoms with Crippen molar-refractivity contribution in [3.05, 3.63) is 64.6 Å². The lowest BCUT2D eigenvalue weighted by Crippen LogP contribution is -2.28. The molecule has 6 nitrogen and oxygen atoms in total. The van der Waals surface area contributed by atoms with Crippen LogP contribution in [0.1, 0.15) is 12.5 Å². The van der Waals surface area contributed by atoms with Crippen LogP contribution in [0.4, 0.5) is 10.5 Å². The maximum Gasteiger partial charge on any atom is 0.419 e. The molecule has 0 spiro atoms. The molecule has 3 rings (SSSR count). The summed E-state index contributed by atoms with van der Waals surface area (Å²) >= 11 is 0. The van der Waals surface area contributed by atoms with E-state index in [1.54, 1.807) is 18.2 Å². The standard InChI is InChI=1S/C17H17N3O3/c1-2-20-14-9-8-13(10-15(14)23-17(20)22)19-16(21)18-11-12-6-4-3-5-7-12/h3-10H,2,11H2,1H3,(H2,18,19,21). The molecule has 1 aromatic heterocycles.